The number of hydrogen-bond donors (Lipinski definition) is 1. The Hall–Kier alpha value is 0.01000. The van der Waals surface area contributed by atoms with Crippen LogP contribution in [-0.4, -0.2) is 10.8 Å². The molecule has 0 bridgehead atoms. The van der Waals surface area contributed by atoms with Crippen molar-refractivity contribution in [3.63, 3.8) is 0 Å². The quantitative estimate of drug-likeness (QED) is 0.798. The number of nitrogens with one attached hydrogen (secondary N) is 1. The third kappa shape index (κ3) is 5.94. The van der Waals surface area contributed by atoms with Gasteiger partial charge in [-0.2, -0.15) is 0 Å². The molecular formula is C14H22BrNS. The lowest BCUT2D eigenvalue weighted by atomic mass is 10.1. The fraction of sp³-hybridized carbons (Fsp3) is 0.571. The average molecular weight is 316 g/mol. The number of rotatable bonds is 4. The highest BCUT2D eigenvalue weighted by atomic mass is 79.9. The van der Waals surface area contributed by atoms with Crippen LogP contribution in [0, 0.1) is 0 Å². The Morgan fingerprint density at radius 1 is 1.29 bits per heavy atom. The van der Waals surface area contributed by atoms with Crippen LogP contribution in [0.5, 0.6) is 0 Å². The maximum absolute atomic E-state index is 3.65. The fourth-order valence-electron chi connectivity index (χ4n) is 1.37. The third-order valence-corrected chi connectivity index (χ3v) is 4.18. The van der Waals surface area contributed by atoms with E-state index in [9.17, 15) is 0 Å². The van der Waals surface area contributed by atoms with Crippen LogP contribution in [0.1, 0.15) is 40.2 Å². The van der Waals surface area contributed by atoms with E-state index in [0.29, 0.717) is 5.25 Å². The average Bonchev–Trinajstić information content (AvgIpc) is 2.17. The molecule has 0 spiro atoms. The van der Waals surface area contributed by atoms with Crippen molar-refractivity contribution in [1.82, 2.24) is 5.32 Å². The zero-order chi connectivity index (χ0) is 13.1. The van der Waals surface area contributed by atoms with E-state index in [-0.39, 0.29) is 5.54 Å². The largest absolute Gasteiger partial charge is 0.308 e. The van der Waals surface area contributed by atoms with Crippen LogP contribution in [0.4, 0.5) is 0 Å². The van der Waals surface area contributed by atoms with Crippen LogP contribution >= 0.6 is 27.7 Å². The van der Waals surface area contributed by atoms with Gasteiger partial charge in [-0.3, -0.25) is 0 Å². The van der Waals surface area contributed by atoms with E-state index < -0.39 is 0 Å². The second-order valence-corrected chi connectivity index (χ2v) is 8.01. The molecule has 0 radical (unpaired) electrons. The van der Waals surface area contributed by atoms with Gasteiger partial charge in [-0.05, 0) is 54.4 Å². The Bertz CT molecular complexity index is 369. The summed E-state index contributed by atoms with van der Waals surface area (Å²) < 4.78 is 1.20. The highest BCUT2D eigenvalue weighted by Crippen LogP contribution is 2.31. The van der Waals surface area contributed by atoms with Gasteiger partial charge >= 0.3 is 0 Å². The van der Waals surface area contributed by atoms with E-state index in [4.69, 9.17) is 0 Å². The highest BCUT2D eigenvalue weighted by Gasteiger charge is 2.09. The van der Waals surface area contributed by atoms with Gasteiger partial charge in [0.05, 0.1) is 0 Å². The molecular weight excluding hydrogens is 294 g/mol. The summed E-state index contributed by atoms with van der Waals surface area (Å²) in [7, 11) is 0. The zero-order valence-corrected chi connectivity index (χ0v) is 13.7. The number of halogens is 1. The van der Waals surface area contributed by atoms with Crippen molar-refractivity contribution < 1.29 is 0 Å². The Balaban J connectivity index is 2.68. The summed E-state index contributed by atoms with van der Waals surface area (Å²) in [4.78, 5) is 1.32. The molecule has 0 unspecified atom stereocenters. The molecule has 17 heavy (non-hydrogen) atoms. The summed E-state index contributed by atoms with van der Waals surface area (Å²) in [6.45, 7) is 11.9. The van der Waals surface area contributed by atoms with Gasteiger partial charge in [0.15, 0.2) is 0 Å². The van der Waals surface area contributed by atoms with E-state index in [2.05, 4.69) is 74.1 Å². The van der Waals surface area contributed by atoms with Crippen molar-refractivity contribution >= 4 is 27.7 Å². The molecule has 1 aromatic carbocycles. The van der Waals surface area contributed by atoms with Crippen LogP contribution in [0.3, 0.4) is 0 Å². The lowest BCUT2D eigenvalue weighted by Crippen LogP contribution is -2.35. The molecule has 0 amide bonds. The number of benzene rings is 1. The summed E-state index contributed by atoms with van der Waals surface area (Å²) in [6, 6.07) is 6.62. The molecule has 1 aromatic rings. The van der Waals surface area contributed by atoms with E-state index in [1.807, 2.05) is 11.8 Å². The maximum Gasteiger partial charge on any atom is 0.0314 e. The maximum atomic E-state index is 3.65. The molecule has 0 aliphatic carbocycles. The first kappa shape index (κ1) is 15.1. The van der Waals surface area contributed by atoms with Gasteiger partial charge in [0, 0.05) is 26.7 Å². The van der Waals surface area contributed by atoms with Crippen molar-refractivity contribution in [2.75, 3.05) is 0 Å². The number of hydrogen-bond acceptors (Lipinski definition) is 2. The number of thioether (sulfide) groups is 1. The van der Waals surface area contributed by atoms with E-state index in [1.165, 1.54) is 14.9 Å². The van der Waals surface area contributed by atoms with Gasteiger partial charge in [0.2, 0.25) is 0 Å². The molecule has 0 saturated heterocycles. The van der Waals surface area contributed by atoms with Crippen molar-refractivity contribution in [2.45, 2.75) is 56.8 Å². The molecule has 0 saturated carbocycles. The van der Waals surface area contributed by atoms with E-state index in [1.54, 1.807) is 0 Å². The Morgan fingerprint density at radius 2 is 1.94 bits per heavy atom. The topological polar surface area (TPSA) is 12.0 Å². The SMILES string of the molecule is CC(C)Sc1ccc(CNC(C)(C)C)cc1Br. The van der Waals surface area contributed by atoms with Crippen molar-refractivity contribution in [3.8, 4) is 0 Å². The molecule has 1 rings (SSSR count). The fourth-order valence-corrected chi connectivity index (χ4v) is 2.90. The van der Waals surface area contributed by atoms with Crippen LogP contribution in [-0.2, 0) is 6.54 Å². The standard InChI is InChI=1S/C14H22BrNS/c1-10(2)17-13-7-6-11(8-12(13)15)9-16-14(3,4)5/h6-8,10,16H,9H2,1-5H3. The smallest absolute Gasteiger partial charge is 0.0314 e. The van der Waals surface area contributed by atoms with E-state index >= 15 is 0 Å². The molecule has 3 heteroatoms. The summed E-state index contributed by atoms with van der Waals surface area (Å²) in [5.41, 5.74) is 1.48. The summed E-state index contributed by atoms with van der Waals surface area (Å²) >= 11 is 5.54. The molecule has 96 valence electrons. The molecule has 1 nitrogen and oxygen atoms in total. The molecule has 0 aliphatic heterocycles. The van der Waals surface area contributed by atoms with Crippen LogP contribution < -0.4 is 5.32 Å². The van der Waals surface area contributed by atoms with Crippen molar-refractivity contribution in [2.24, 2.45) is 0 Å². The highest BCUT2D eigenvalue weighted by molar-refractivity contribution is 9.10. The summed E-state index contributed by atoms with van der Waals surface area (Å²) in [5.74, 6) is 0. The zero-order valence-electron chi connectivity index (χ0n) is 11.3. The summed E-state index contributed by atoms with van der Waals surface area (Å²) in [6.07, 6.45) is 0. The second kappa shape index (κ2) is 6.26. The van der Waals surface area contributed by atoms with Gasteiger partial charge in [-0.1, -0.05) is 19.9 Å². The summed E-state index contributed by atoms with van der Waals surface area (Å²) in [5, 5.41) is 4.11. The second-order valence-electron chi connectivity index (χ2n) is 5.53. The minimum absolute atomic E-state index is 0.165. The normalized spacial score (nSPS) is 12.2. The first-order valence-corrected chi connectivity index (χ1v) is 7.65. The van der Waals surface area contributed by atoms with Gasteiger partial charge in [0.1, 0.15) is 0 Å². The van der Waals surface area contributed by atoms with Gasteiger partial charge in [-0.25, -0.2) is 0 Å². The molecule has 0 aromatic heterocycles. The van der Waals surface area contributed by atoms with Crippen LogP contribution in [0.2, 0.25) is 0 Å². The Morgan fingerprint density at radius 3 is 2.41 bits per heavy atom. The molecule has 0 aliphatic rings. The third-order valence-electron chi connectivity index (χ3n) is 2.18. The minimum atomic E-state index is 0.165. The minimum Gasteiger partial charge on any atom is -0.308 e. The molecule has 0 atom stereocenters. The van der Waals surface area contributed by atoms with Crippen LogP contribution in [0.15, 0.2) is 27.6 Å². The predicted octanol–water partition coefficient (Wildman–Crippen LogP) is 4.84. The van der Waals surface area contributed by atoms with Gasteiger partial charge < -0.3 is 5.32 Å². The van der Waals surface area contributed by atoms with Crippen LogP contribution in [0.25, 0.3) is 0 Å². The predicted molar refractivity (Wildman–Crippen MR) is 81.7 cm³/mol. The molecule has 0 heterocycles. The first-order valence-electron chi connectivity index (χ1n) is 5.98. The molecule has 0 fully saturated rings. The van der Waals surface area contributed by atoms with E-state index in [0.717, 1.165) is 6.54 Å². The Labute approximate surface area is 118 Å². The monoisotopic (exact) mass is 315 g/mol. The first-order chi connectivity index (χ1) is 7.78. The van der Waals surface area contributed by atoms with Crippen molar-refractivity contribution in [3.05, 3.63) is 28.2 Å². The lowest BCUT2D eigenvalue weighted by molar-refractivity contribution is 0.424. The molecule has 1 N–H and O–H groups in total. The lowest BCUT2D eigenvalue weighted by Gasteiger charge is -2.20. The van der Waals surface area contributed by atoms with Gasteiger partial charge in [0.25, 0.3) is 0 Å². The van der Waals surface area contributed by atoms with Gasteiger partial charge in [-0.15, -0.1) is 11.8 Å². The Kier molecular flexibility index (Phi) is 5.55. The van der Waals surface area contributed by atoms with Crippen molar-refractivity contribution in [1.29, 1.82) is 0 Å².